The highest BCUT2D eigenvalue weighted by molar-refractivity contribution is 5.43. The summed E-state index contributed by atoms with van der Waals surface area (Å²) in [4.78, 5) is 0. The van der Waals surface area contributed by atoms with Gasteiger partial charge in [-0.2, -0.15) is 0 Å². The van der Waals surface area contributed by atoms with Crippen molar-refractivity contribution in [2.24, 2.45) is 0 Å². The van der Waals surface area contributed by atoms with Crippen LogP contribution in [0.25, 0.3) is 0 Å². The van der Waals surface area contributed by atoms with Crippen LogP contribution in [-0.4, -0.2) is 13.7 Å². The smallest absolute Gasteiger partial charge is 0.122 e. The summed E-state index contributed by atoms with van der Waals surface area (Å²) in [6, 6.07) is 15.3. The molecule has 3 nitrogen and oxygen atoms in total. The maximum Gasteiger partial charge on any atom is 0.122 e. The SMILES string of the molecule is CNC(c1ccc2c(c1)COC2)C1COc2ccccc21. The van der Waals surface area contributed by atoms with Crippen molar-refractivity contribution in [2.45, 2.75) is 25.2 Å². The van der Waals surface area contributed by atoms with Gasteiger partial charge in [0.05, 0.1) is 19.8 Å². The highest BCUT2D eigenvalue weighted by atomic mass is 16.5. The first kappa shape index (κ1) is 12.9. The van der Waals surface area contributed by atoms with Gasteiger partial charge in [-0.1, -0.05) is 36.4 Å². The number of para-hydroxylation sites is 1. The second-order valence-electron chi connectivity index (χ2n) is 5.74. The van der Waals surface area contributed by atoms with Crippen molar-refractivity contribution in [1.82, 2.24) is 5.32 Å². The maximum absolute atomic E-state index is 5.84. The Hall–Kier alpha value is -1.84. The molecule has 2 aliphatic rings. The van der Waals surface area contributed by atoms with Gasteiger partial charge in [0.15, 0.2) is 0 Å². The Labute approximate surface area is 124 Å². The van der Waals surface area contributed by atoms with Gasteiger partial charge in [0.1, 0.15) is 5.75 Å². The zero-order chi connectivity index (χ0) is 14.2. The standard InChI is InChI=1S/C18H19NO2/c1-19-18(12-6-7-13-9-20-10-14(13)8-12)16-11-21-17-5-3-2-4-15(16)17/h2-8,16,18-19H,9-11H2,1H3. The van der Waals surface area contributed by atoms with Gasteiger partial charge in [0, 0.05) is 17.5 Å². The lowest BCUT2D eigenvalue weighted by molar-refractivity contribution is 0.134. The number of hydrogen-bond donors (Lipinski definition) is 1. The van der Waals surface area contributed by atoms with E-state index in [1.54, 1.807) is 0 Å². The van der Waals surface area contributed by atoms with Crippen molar-refractivity contribution in [2.75, 3.05) is 13.7 Å². The van der Waals surface area contributed by atoms with E-state index < -0.39 is 0 Å². The molecule has 0 radical (unpaired) electrons. The van der Waals surface area contributed by atoms with Gasteiger partial charge >= 0.3 is 0 Å². The van der Waals surface area contributed by atoms with E-state index in [0.29, 0.717) is 5.92 Å². The molecule has 0 aromatic heterocycles. The lowest BCUT2D eigenvalue weighted by Gasteiger charge is -2.23. The number of hydrogen-bond acceptors (Lipinski definition) is 3. The van der Waals surface area contributed by atoms with Crippen LogP contribution in [0.2, 0.25) is 0 Å². The van der Waals surface area contributed by atoms with E-state index in [9.17, 15) is 0 Å². The third-order valence-electron chi connectivity index (χ3n) is 4.55. The molecular formula is C18H19NO2. The van der Waals surface area contributed by atoms with Crippen LogP contribution in [-0.2, 0) is 18.0 Å². The fraction of sp³-hybridized carbons (Fsp3) is 0.333. The monoisotopic (exact) mass is 281 g/mol. The van der Waals surface area contributed by atoms with E-state index in [1.165, 1.54) is 22.3 Å². The summed E-state index contributed by atoms with van der Waals surface area (Å²) in [5.41, 5.74) is 5.25. The first-order valence-electron chi connectivity index (χ1n) is 7.45. The van der Waals surface area contributed by atoms with Gasteiger partial charge in [-0.3, -0.25) is 0 Å². The summed E-state index contributed by atoms with van der Waals surface area (Å²) < 4.78 is 11.4. The Bertz CT molecular complexity index is 668. The molecule has 3 heteroatoms. The molecule has 21 heavy (non-hydrogen) atoms. The summed E-state index contributed by atoms with van der Waals surface area (Å²) in [7, 11) is 2.02. The molecule has 2 aliphatic heterocycles. The molecule has 0 fully saturated rings. The lowest BCUT2D eigenvalue weighted by atomic mass is 9.87. The van der Waals surface area contributed by atoms with Crippen LogP contribution in [0.15, 0.2) is 42.5 Å². The van der Waals surface area contributed by atoms with E-state index in [2.05, 4.69) is 41.7 Å². The minimum Gasteiger partial charge on any atom is -0.493 e. The summed E-state index contributed by atoms with van der Waals surface area (Å²) in [5.74, 6) is 1.37. The van der Waals surface area contributed by atoms with Crippen LogP contribution in [0.3, 0.4) is 0 Å². The Morgan fingerprint density at radius 3 is 2.86 bits per heavy atom. The second-order valence-corrected chi connectivity index (χ2v) is 5.74. The summed E-state index contributed by atoms with van der Waals surface area (Å²) >= 11 is 0. The predicted octanol–water partition coefficient (Wildman–Crippen LogP) is 3.15. The average molecular weight is 281 g/mol. The third kappa shape index (κ3) is 2.13. The van der Waals surface area contributed by atoms with Gasteiger partial charge < -0.3 is 14.8 Å². The molecule has 0 saturated carbocycles. The van der Waals surface area contributed by atoms with Crippen LogP contribution in [0, 0.1) is 0 Å². The van der Waals surface area contributed by atoms with E-state index in [0.717, 1.165) is 25.6 Å². The Morgan fingerprint density at radius 2 is 1.95 bits per heavy atom. The van der Waals surface area contributed by atoms with E-state index >= 15 is 0 Å². The summed E-state index contributed by atoms with van der Waals surface area (Å²) in [5, 5.41) is 3.47. The quantitative estimate of drug-likeness (QED) is 0.937. The van der Waals surface area contributed by atoms with Gasteiger partial charge in [0.2, 0.25) is 0 Å². The van der Waals surface area contributed by atoms with Gasteiger partial charge in [0.25, 0.3) is 0 Å². The molecule has 108 valence electrons. The zero-order valence-electron chi connectivity index (χ0n) is 12.1. The maximum atomic E-state index is 5.84. The predicted molar refractivity (Wildman–Crippen MR) is 81.4 cm³/mol. The zero-order valence-corrected chi connectivity index (χ0v) is 12.1. The molecule has 0 spiro atoms. The largest absolute Gasteiger partial charge is 0.493 e. The molecule has 2 unspecified atom stereocenters. The van der Waals surface area contributed by atoms with Crippen molar-refractivity contribution in [3.8, 4) is 5.75 Å². The average Bonchev–Trinajstić information content (AvgIpc) is 3.15. The highest BCUT2D eigenvalue weighted by Gasteiger charge is 2.31. The Balaban J connectivity index is 1.70. The van der Waals surface area contributed by atoms with Crippen LogP contribution in [0.5, 0.6) is 5.75 Å². The molecule has 4 rings (SSSR count). The van der Waals surface area contributed by atoms with Crippen LogP contribution < -0.4 is 10.1 Å². The first-order chi connectivity index (χ1) is 10.4. The molecule has 2 aromatic carbocycles. The number of ether oxygens (including phenoxy) is 2. The minimum atomic E-state index is 0.263. The van der Waals surface area contributed by atoms with Crippen LogP contribution >= 0.6 is 0 Å². The third-order valence-corrected chi connectivity index (χ3v) is 4.55. The topological polar surface area (TPSA) is 30.5 Å². The van der Waals surface area contributed by atoms with E-state index in [1.807, 2.05) is 13.1 Å². The molecule has 0 aliphatic carbocycles. The first-order valence-corrected chi connectivity index (χ1v) is 7.45. The fourth-order valence-corrected chi connectivity index (χ4v) is 3.45. The van der Waals surface area contributed by atoms with Crippen molar-refractivity contribution in [3.63, 3.8) is 0 Å². The summed E-state index contributed by atoms with van der Waals surface area (Å²) in [6.07, 6.45) is 0. The van der Waals surface area contributed by atoms with Crippen molar-refractivity contribution in [3.05, 3.63) is 64.7 Å². The molecular weight excluding hydrogens is 262 g/mol. The van der Waals surface area contributed by atoms with Gasteiger partial charge in [-0.25, -0.2) is 0 Å². The van der Waals surface area contributed by atoms with Crippen molar-refractivity contribution < 1.29 is 9.47 Å². The lowest BCUT2D eigenvalue weighted by Crippen LogP contribution is -2.25. The molecule has 0 saturated heterocycles. The summed E-state index contributed by atoms with van der Waals surface area (Å²) in [6.45, 7) is 2.21. The van der Waals surface area contributed by atoms with Gasteiger partial charge in [-0.05, 0) is 29.8 Å². The van der Waals surface area contributed by atoms with Gasteiger partial charge in [-0.15, -0.1) is 0 Å². The second kappa shape index (κ2) is 5.17. The van der Waals surface area contributed by atoms with E-state index in [-0.39, 0.29) is 6.04 Å². The number of likely N-dealkylation sites (N-methyl/N-ethyl adjacent to an activating group) is 1. The molecule has 2 aromatic rings. The van der Waals surface area contributed by atoms with Crippen LogP contribution in [0.1, 0.15) is 34.2 Å². The van der Waals surface area contributed by atoms with Crippen molar-refractivity contribution >= 4 is 0 Å². The Morgan fingerprint density at radius 1 is 1.10 bits per heavy atom. The molecule has 2 heterocycles. The highest BCUT2D eigenvalue weighted by Crippen LogP contribution is 2.41. The minimum absolute atomic E-state index is 0.263. The van der Waals surface area contributed by atoms with E-state index in [4.69, 9.17) is 9.47 Å². The normalized spacial score (nSPS) is 20.7. The van der Waals surface area contributed by atoms with Crippen molar-refractivity contribution in [1.29, 1.82) is 0 Å². The number of nitrogens with one attached hydrogen (secondary N) is 1. The number of rotatable bonds is 3. The molecule has 0 amide bonds. The number of fused-ring (bicyclic) bond motifs is 2. The van der Waals surface area contributed by atoms with Crippen LogP contribution in [0.4, 0.5) is 0 Å². The molecule has 1 N–H and O–H groups in total. The fourth-order valence-electron chi connectivity index (χ4n) is 3.45. The molecule has 0 bridgehead atoms. The Kier molecular flexibility index (Phi) is 3.17. The number of benzene rings is 2. The molecule has 2 atom stereocenters.